The molecule has 0 atom stereocenters. The first-order chi connectivity index (χ1) is 14.7. The van der Waals surface area contributed by atoms with E-state index in [1.807, 2.05) is 24.3 Å². The summed E-state index contributed by atoms with van der Waals surface area (Å²) in [4.78, 5) is 12.3. The van der Waals surface area contributed by atoms with E-state index in [-0.39, 0.29) is 0 Å². The van der Waals surface area contributed by atoms with Gasteiger partial charge in [-0.2, -0.15) is 0 Å². The summed E-state index contributed by atoms with van der Waals surface area (Å²) in [6.07, 6.45) is 1.49. The van der Waals surface area contributed by atoms with E-state index in [9.17, 15) is 9.90 Å². The van der Waals surface area contributed by atoms with Gasteiger partial charge >= 0.3 is 5.97 Å². The van der Waals surface area contributed by atoms with Crippen molar-refractivity contribution in [3.63, 3.8) is 0 Å². The molecule has 1 aliphatic carbocycles. The van der Waals surface area contributed by atoms with Gasteiger partial charge in [-0.3, -0.25) is 0 Å². The first kappa shape index (κ1) is 18.4. The van der Waals surface area contributed by atoms with Crippen LogP contribution in [0.2, 0.25) is 0 Å². The molecule has 1 N–H and O–H groups in total. The van der Waals surface area contributed by atoms with Crippen LogP contribution in [0.5, 0.6) is 0 Å². The lowest BCUT2D eigenvalue weighted by Crippen LogP contribution is -2.33. The molecule has 0 saturated heterocycles. The van der Waals surface area contributed by atoms with Crippen LogP contribution in [-0.4, -0.2) is 11.1 Å². The maximum absolute atomic E-state index is 12.3. The van der Waals surface area contributed by atoms with E-state index in [0.29, 0.717) is 5.56 Å². The SMILES string of the molecule is O=C(O)c1cccc2c1C(Cc1ccccc1)(Cc1ccccc1)c1ccccc1-2. The lowest BCUT2D eigenvalue weighted by atomic mass is 9.68. The molecule has 0 heterocycles. The Morgan fingerprint density at radius 1 is 0.633 bits per heavy atom. The van der Waals surface area contributed by atoms with Gasteiger partial charge in [-0.1, -0.05) is 97.1 Å². The number of carboxylic acids is 1. The van der Waals surface area contributed by atoms with Gasteiger partial charge in [0, 0.05) is 5.41 Å². The second kappa shape index (κ2) is 7.31. The summed E-state index contributed by atoms with van der Waals surface area (Å²) in [6, 6.07) is 34.9. The van der Waals surface area contributed by atoms with E-state index < -0.39 is 11.4 Å². The predicted octanol–water partition coefficient (Wildman–Crippen LogP) is 6.14. The number of carboxylic acid groups (broad SMARTS) is 1. The molecule has 0 fully saturated rings. The minimum absolute atomic E-state index is 0.399. The second-order valence-corrected chi connectivity index (χ2v) is 7.99. The fourth-order valence-corrected chi connectivity index (χ4v) is 5.06. The molecule has 0 spiro atoms. The summed E-state index contributed by atoms with van der Waals surface area (Å²) in [5.74, 6) is -0.870. The van der Waals surface area contributed by atoms with Gasteiger partial charge in [-0.15, -0.1) is 0 Å². The Balaban J connectivity index is 1.82. The summed E-state index contributed by atoms with van der Waals surface area (Å²) in [6.45, 7) is 0. The van der Waals surface area contributed by atoms with Crippen LogP contribution in [0.15, 0.2) is 103 Å². The molecule has 0 bridgehead atoms. The summed E-state index contributed by atoms with van der Waals surface area (Å²) >= 11 is 0. The van der Waals surface area contributed by atoms with Gasteiger partial charge in [-0.25, -0.2) is 4.79 Å². The zero-order chi connectivity index (χ0) is 20.6. The molecule has 2 nitrogen and oxygen atoms in total. The quantitative estimate of drug-likeness (QED) is 0.445. The highest BCUT2D eigenvalue weighted by molar-refractivity contribution is 5.96. The average molecular weight is 390 g/mol. The second-order valence-electron chi connectivity index (χ2n) is 7.99. The highest BCUT2D eigenvalue weighted by atomic mass is 16.4. The third-order valence-corrected chi connectivity index (χ3v) is 6.20. The molecular formula is C28H22O2. The van der Waals surface area contributed by atoms with Gasteiger partial charge in [0.25, 0.3) is 0 Å². The van der Waals surface area contributed by atoms with Crippen LogP contribution < -0.4 is 0 Å². The highest BCUT2D eigenvalue weighted by Crippen LogP contribution is 2.53. The molecular weight excluding hydrogens is 368 g/mol. The zero-order valence-corrected chi connectivity index (χ0v) is 16.6. The minimum Gasteiger partial charge on any atom is -0.478 e. The third-order valence-electron chi connectivity index (χ3n) is 6.20. The van der Waals surface area contributed by atoms with Crippen molar-refractivity contribution >= 4 is 5.97 Å². The molecule has 1 aliphatic rings. The number of aromatic carboxylic acids is 1. The topological polar surface area (TPSA) is 37.3 Å². The molecule has 4 aromatic carbocycles. The Kier molecular flexibility index (Phi) is 4.48. The predicted molar refractivity (Wildman–Crippen MR) is 120 cm³/mol. The smallest absolute Gasteiger partial charge is 0.336 e. The Bertz CT molecular complexity index is 1170. The van der Waals surface area contributed by atoms with Crippen LogP contribution in [-0.2, 0) is 18.3 Å². The van der Waals surface area contributed by atoms with Crippen molar-refractivity contribution in [1.82, 2.24) is 0 Å². The summed E-state index contributed by atoms with van der Waals surface area (Å²) < 4.78 is 0. The number of carbonyl (C=O) groups is 1. The Morgan fingerprint density at radius 3 is 1.77 bits per heavy atom. The van der Waals surface area contributed by atoms with Crippen LogP contribution in [0.1, 0.15) is 32.6 Å². The van der Waals surface area contributed by atoms with E-state index in [0.717, 1.165) is 29.5 Å². The first-order valence-electron chi connectivity index (χ1n) is 10.2. The normalized spacial score (nSPS) is 13.5. The molecule has 0 radical (unpaired) electrons. The van der Waals surface area contributed by atoms with Gasteiger partial charge in [0.2, 0.25) is 0 Å². The fourth-order valence-electron chi connectivity index (χ4n) is 5.06. The van der Waals surface area contributed by atoms with Crippen molar-refractivity contribution in [3.05, 3.63) is 131 Å². The maximum atomic E-state index is 12.3. The standard InChI is InChI=1S/C28H22O2/c29-27(30)24-16-9-15-23-22-14-7-8-17-25(22)28(26(23)24,18-20-10-3-1-4-11-20)19-21-12-5-2-6-13-21/h1-17H,18-19H2,(H,29,30). The molecule has 30 heavy (non-hydrogen) atoms. The van der Waals surface area contributed by atoms with Crippen molar-refractivity contribution < 1.29 is 9.90 Å². The van der Waals surface area contributed by atoms with Crippen molar-refractivity contribution in [1.29, 1.82) is 0 Å². The zero-order valence-electron chi connectivity index (χ0n) is 16.6. The first-order valence-corrected chi connectivity index (χ1v) is 10.2. The number of rotatable bonds is 5. The van der Waals surface area contributed by atoms with Crippen molar-refractivity contribution in [2.24, 2.45) is 0 Å². The molecule has 146 valence electrons. The highest BCUT2D eigenvalue weighted by Gasteiger charge is 2.45. The van der Waals surface area contributed by atoms with Crippen molar-refractivity contribution in [3.8, 4) is 11.1 Å². The third kappa shape index (κ3) is 2.93. The molecule has 0 saturated carbocycles. The molecule has 0 amide bonds. The average Bonchev–Trinajstić information content (AvgIpc) is 3.05. The molecule has 4 aromatic rings. The Labute approximate surface area is 176 Å². The van der Waals surface area contributed by atoms with Crippen molar-refractivity contribution in [2.75, 3.05) is 0 Å². The summed E-state index contributed by atoms with van der Waals surface area (Å²) in [7, 11) is 0. The summed E-state index contributed by atoms with van der Waals surface area (Å²) in [5, 5.41) is 10.1. The lowest BCUT2D eigenvalue weighted by Gasteiger charge is -2.34. The molecule has 0 unspecified atom stereocenters. The number of benzene rings is 4. The van der Waals surface area contributed by atoms with E-state index in [1.165, 1.54) is 16.7 Å². The van der Waals surface area contributed by atoms with E-state index in [1.54, 1.807) is 6.07 Å². The van der Waals surface area contributed by atoms with Gasteiger partial charge in [0.1, 0.15) is 0 Å². The Hall–Kier alpha value is -3.65. The Morgan fingerprint density at radius 2 is 1.17 bits per heavy atom. The van der Waals surface area contributed by atoms with E-state index in [2.05, 4.69) is 72.8 Å². The van der Waals surface area contributed by atoms with Crippen LogP contribution in [0.4, 0.5) is 0 Å². The van der Waals surface area contributed by atoms with Crippen LogP contribution in [0, 0.1) is 0 Å². The van der Waals surface area contributed by atoms with Crippen LogP contribution >= 0.6 is 0 Å². The number of hydrogen-bond acceptors (Lipinski definition) is 1. The van der Waals surface area contributed by atoms with Gasteiger partial charge in [0.05, 0.1) is 5.56 Å². The number of hydrogen-bond donors (Lipinski definition) is 1. The largest absolute Gasteiger partial charge is 0.478 e. The van der Waals surface area contributed by atoms with Crippen LogP contribution in [0.3, 0.4) is 0 Å². The van der Waals surface area contributed by atoms with Crippen molar-refractivity contribution in [2.45, 2.75) is 18.3 Å². The van der Waals surface area contributed by atoms with Crippen LogP contribution in [0.25, 0.3) is 11.1 Å². The summed E-state index contributed by atoms with van der Waals surface area (Å²) in [5.41, 5.74) is 6.69. The fraction of sp³-hybridized carbons (Fsp3) is 0.107. The van der Waals surface area contributed by atoms with E-state index >= 15 is 0 Å². The van der Waals surface area contributed by atoms with Gasteiger partial charge in [0.15, 0.2) is 0 Å². The molecule has 2 heteroatoms. The number of fused-ring (bicyclic) bond motifs is 3. The maximum Gasteiger partial charge on any atom is 0.336 e. The molecule has 0 aliphatic heterocycles. The van der Waals surface area contributed by atoms with E-state index in [4.69, 9.17) is 0 Å². The lowest BCUT2D eigenvalue weighted by molar-refractivity contribution is 0.0694. The van der Waals surface area contributed by atoms with Gasteiger partial charge < -0.3 is 5.11 Å². The van der Waals surface area contributed by atoms with Gasteiger partial charge in [-0.05, 0) is 52.3 Å². The minimum atomic E-state index is -0.870. The molecule has 5 rings (SSSR count). The molecule has 0 aromatic heterocycles. The monoisotopic (exact) mass is 390 g/mol.